The van der Waals surface area contributed by atoms with Gasteiger partial charge in [-0.3, -0.25) is 4.79 Å². The van der Waals surface area contributed by atoms with Crippen molar-refractivity contribution in [2.24, 2.45) is 0 Å². The third-order valence-electron chi connectivity index (χ3n) is 2.71. The Hall–Kier alpha value is -1.75. The third kappa shape index (κ3) is 3.37. The van der Waals surface area contributed by atoms with E-state index in [1.165, 1.54) is 0 Å². The minimum absolute atomic E-state index is 0.375. The first-order valence-corrected chi connectivity index (χ1v) is 5.67. The number of methoxy groups -OCH3 is 2. The molecule has 0 saturated heterocycles. The molecule has 5 nitrogen and oxygen atoms in total. The monoisotopic (exact) mass is 253 g/mol. The quantitative estimate of drug-likeness (QED) is 0.805. The molecule has 0 radical (unpaired) electrons. The second-order valence-corrected chi connectivity index (χ2v) is 4.09. The van der Waals surface area contributed by atoms with E-state index in [0.717, 1.165) is 11.1 Å². The van der Waals surface area contributed by atoms with Crippen LogP contribution in [0.15, 0.2) is 12.1 Å². The molecular weight excluding hydrogens is 234 g/mol. The Labute approximate surface area is 107 Å². The van der Waals surface area contributed by atoms with Crippen molar-refractivity contribution in [3.63, 3.8) is 0 Å². The summed E-state index contributed by atoms with van der Waals surface area (Å²) in [6.45, 7) is 3.91. The minimum atomic E-state index is -0.889. The van der Waals surface area contributed by atoms with Gasteiger partial charge >= 0.3 is 5.97 Å². The molecule has 18 heavy (non-hydrogen) atoms. The summed E-state index contributed by atoms with van der Waals surface area (Å²) in [5.74, 6) is 0.494. The van der Waals surface area contributed by atoms with E-state index in [0.29, 0.717) is 18.0 Å². The zero-order valence-electron chi connectivity index (χ0n) is 11.1. The van der Waals surface area contributed by atoms with E-state index in [4.69, 9.17) is 14.6 Å². The standard InChI is InChI=1S/C13H19NO4/c1-8-5-11(17-3)10(12(6-8)18-4)7-14-9(2)13(15)16/h5-6,9,14H,7H2,1-4H3,(H,15,16). The van der Waals surface area contributed by atoms with Crippen molar-refractivity contribution in [3.8, 4) is 11.5 Å². The number of hydrogen-bond acceptors (Lipinski definition) is 4. The fourth-order valence-corrected chi connectivity index (χ4v) is 1.63. The predicted molar refractivity (Wildman–Crippen MR) is 68.2 cm³/mol. The summed E-state index contributed by atoms with van der Waals surface area (Å²) in [5, 5.41) is 11.7. The Morgan fingerprint density at radius 2 is 1.83 bits per heavy atom. The fraction of sp³-hybridized carbons (Fsp3) is 0.462. The van der Waals surface area contributed by atoms with Crippen LogP contribution in [0.25, 0.3) is 0 Å². The molecule has 1 aromatic carbocycles. The van der Waals surface area contributed by atoms with Gasteiger partial charge in [0, 0.05) is 12.1 Å². The van der Waals surface area contributed by atoms with Crippen LogP contribution in [-0.2, 0) is 11.3 Å². The summed E-state index contributed by atoms with van der Waals surface area (Å²) in [7, 11) is 3.16. The summed E-state index contributed by atoms with van der Waals surface area (Å²) < 4.78 is 10.6. The zero-order valence-corrected chi connectivity index (χ0v) is 11.1. The molecule has 0 heterocycles. The smallest absolute Gasteiger partial charge is 0.320 e. The van der Waals surface area contributed by atoms with Crippen molar-refractivity contribution < 1.29 is 19.4 Å². The van der Waals surface area contributed by atoms with Crippen LogP contribution in [0.2, 0.25) is 0 Å². The highest BCUT2D eigenvalue weighted by molar-refractivity contribution is 5.72. The van der Waals surface area contributed by atoms with Gasteiger partial charge in [-0.15, -0.1) is 0 Å². The first-order valence-electron chi connectivity index (χ1n) is 5.67. The second-order valence-electron chi connectivity index (χ2n) is 4.09. The number of carboxylic acid groups (broad SMARTS) is 1. The molecule has 0 saturated carbocycles. The van der Waals surface area contributed by atoms with Crippen LogP contribution in [0.3, 0.4) is 0 Å². The molecule has 0 aliphatic carbocycles. The van der Waals surface area contributed by atoms with Crippen molar-refractivity contribution in [2.45, 2.75) is 26.4 Å². The zero-order chi connectivity index (χ0) is 13.7. The lowest BCUT2D eigenvalue weighted by atomic mass is 10.1. The van der Waals surface area contributed by atoms with E-state index < -0.39 is 12.0 Å². The summed E-state index contributed by atoms with van der Waals surface area (Å²) >= 11 is 0. The van der Waals surface area contributed by atoms with E-state index >= 15 is 0 Å². The lowest BCUT2D eigenvalue weighted by Gasteiger charge is -2.16. The summed E-state index contributed by atoms with van der Waals surface area (Å²) in [4.78, 5) is 10.8. The van der Waals surface area contributed by atoms with Gasteiger partial charge in [0.05, 0.1) is 14.2 Å². The lowest BCUT2D eigenvalue weighted by Crippen LogP contribution is -2.33. The van der Waals surface area contributed by atoms with Crippen LogP contribution in [0.1, 0.15) is 18.1 Å². The van der Waals surface area contributed by atoms with E-state index in [9.17, 15) is 4.79 Å². The average molecular weight is 253 g/mol. The summed E-state index contributed by atoms with van der Waals surface area (Å²) in [6, 6.07) is 3.16. The number of carbonyl (C=O) groups is 1. The van der Waals surface area contributed by atoms with Gasteiger partial charge in [-0.2, -0.15) is 0 Å². The van der Waals surface area contributed by atoms with Crippen LogP contribution < -0.4 is 14.8 Å². The number of aliphatic carboxylic acids is 1. The third-order valence-corrected chi connectivity index (χ3v) is 2.71. The highest BCUT2D eigenvalue weighted by Crippen LogP contribution is 2.30. The Kier molecular flexibility index (Phi) is 4.97. The molecule has 0 amide bonds. The van der Waals surface area contributed by atoms with Gasteiger partial charge in [0.1, 0.15) is 17.5 Å². The van der Waals surface area contributed by atoms with Gasteiger partial charge in [0.25, 0.3) is 0 Å². The number of carboxylic acids is 1. The van der Waals surface area contributed by atoms with Crippen LogP contribution in [0.4, 0.5) is 0 Å². The molecule has 0 aromatic heterocycles. The molecular formula is C13H19NO4. The van der Waals surface area contributed by atoms with Crippen LogP contribution >= 0.6 is 0 Å². The normalized spacial score (nSPS) is 12.0. The molecule has 1 atom stereocenters. The maximum atomic E-state index is 10.8. The number of aryl methyl sites for hydroxylation is 1. The SMILES string of the molecule is COc1cc(C)cc(OC)c1CNC(C)C(=O)O. The molecule has 0 aliphatic heterocycles. The maximum Gasteiger partial charge on any atom is 0.320 e. The summed E-state index contributed by atoms with van der Waals surface area (Å²) in [5.41, 5.74) is 1.84. The number of benzene rings is 1. The molecule has 1 rings (SSSR count). The van der Waals surface area contributed by atoms with Gasteiger partial charge < -0.3 is 19.9 Å². The molecule has 5 heteroatoms. The van der Waals surface area contributed by atoms with Crippen molar-refractivity contribution in [1.82, 2.24) is 5.32 Å². The molecule has 100 valence electrons. The molecule has 2 N–H and O–H groups in total. The lowest BCUT2D eigenvalue weighted by molar-refractivity contribution is -0.139. The number of rotatable bonds is 6. The van der Waals surface area contributed by atoms with E-state index in [1.54, 1.807) is 21.1 Å². The average Bonchev–Trinajstić information content (AvgIpc) is 2.35. The largest absolute Gasteiger partial charge is 0.496 e. The van der Waals surface area contributed by atoms with E-state index in [2.05, 4.69) is 5.32 Å². The number of nitrogens with one attached hydrogen (secondary N) is 1. The van der Waals surface area contributed by atoms with E-state index in [1.807, 2.05) is 19.1 Å². The molecule has 0 aliphatic rings. The number of hydrogen-bond donors (Lipinski definition) is 2. The van der Waals surface area contributed by atoms with Crippen LogP contribution in [-0.4, -0.2) is 31.3 Å². The fourth-order valence-electron chi connectivity index (χ4n) is 1.63. The van der Waals surface area contributed by atoms with Crippen molar-refractivity contribution >= 4 is 5.97 Å². The highest BCUT2D eigenvalue weighted by Gasteiger charge is 2.15. The molecule has 0 bridgehead atoms. The molecule has 1 unspecified atom stereocenters. The van der Waals surface area contributed by atoms with Crippen LogP contribution in [0.5, 0.6) is 11.5 Å². The van der Waals surface area contributed by atoms with Crippen molar-refractivity contribution in [3.05, 3.63) is 23.3 Å². The summed E-state index contributed by atoms with van der Waals surface area (Å²) in [6.07, 6.45) is 0. The maximum absolute atomic E-state index is 10.8. The van der Waals surface area contributed by atoms with Crippen molar-refractivity contribution in [2.75, 3.05) is 14.2 Å². The van der Waals surface area contributed by atoms with Gasteiger partial charge in [-0.1, -0.05) is 0 Å². The first-order chi connectivity index (χ1) is 8.49. The Balaban J connectivity index is 2.95. The Morgan fingerprint density at radius 1 is 1.33 bits per heavy atom. The van der Waals surface area contributed by atoms with Crippen molar-refractivity contribution in [1.29, 1.82) is 0 Å². The van der Waals surface area contributed by atoms with E-state index in [-0.39, 0.29) is 0 Å². The molecule has 1 aromatic rings. The van der Waals surface area contributed by atoms with Gasteiger partial charge in [0.2, 0.25) is 0 Å². The van der Waals surface area contributed by atoms with Gasteiger partial charge in [-0.25, -0.2) is 0 Å². The Bertz CT molecular complexity index is 406. The Morgan fingerprint density at radius 3 is 2.22 bits per heavy atom. The topological polar surface area (TPSA) is 67.8 Å². The van der Waals surface area contributed by atoms with Crippen LogP contribution in [0, 0.1) is 6.92 Å². The first kappa shape index (κ1) is 14.3. The number of ether oxygens (including phenoxy) is 2. The minimum Gasteiger partial charge on any atom is -0.496 e. The second kappa shape index (κ2) is 6.26. The van der Waals surface area contributed by atoms with Gasteiger partial charge in [0.15, 0.2) is 0 Å². The predicted octanol–water partition coefficient (Wildman–Crippen LogP) is 1.57. The molecule has 0 spiro atoms. The van der Waals surface area contributed by atoms with Gasteiger partial charge in [-0.05, 0) is 31.5 Å². The highest BCUT2D eigenvalue weighted by atomic mass is 16.5. The molecule has 0 fully saturated rings.